The van der Waals surface area contributed by atoms with E-state index in [-0.39, 0.29) is 25.5 Å². The van der Waals surface area contributed by atoms with Crippen molar-refractivity contribution in [2.45, 2.75) is 94.5 Å². The Bertz CT molecular complexity index is 1510. The topological polar surface area (TPSA) is 183 Å². The number of nitrogens with one attached hydrogen (secondary N) is 4. The van der Waals surface area contributed by atoms with E-state index in [4.69, 9.17) is 4.74 Å². The minimum atomic E-state index is -1.21. The molecule has 1 aliphatic carbocycles. The Balaban J connectivity index is 1.45. The standard InChI is InChI=1S/C37H54N6O8S2/c1-7-12-25(29(45)32(47)38-20-27(44)40-28(33(48)42(5)6)24-13-9-8-10-14-24)39-31(46)26-19-37(52-17-11-18-53-37)22-43(26)34(49)30(36(2,3)4)41-35(50)51-21-23-15-16-23/h8-10,13-14,23,25-26,28,30H,7,11-12,15-22H2,1-6H3,(H,38,47)(H,39,46)(H,40,44)(H,41,50)/t25?,26?,28?,30-/m1/s1. The zero-order valence-corrected chi connectivity index (χ0v) is 33.2. The molecule has 16 heteroatoms. The van der Waals surface area contributed by atoms with Crippen LogP contribution in [0, 0.1) is 11.3 Å². The van der Waals surface area contributed by atoms with Crippen LogP contribution >= 0.6 is 23.5 Å². The number of carbonyl (C=O) groups is 7. The summed E-state index contributed by atoms with van der Waals surface area (Å²) in [6.07, 6.45) is 3.25. The van der Waals surface area contributed by atoms with Gasteiger partial charge in [-0.1, -0.05) is 64.4 Å². The highest BCUT2D eigenvalue weighted by Gasteiger charge is 2.53. The summed E-state index contributed by atoms with van der Waals surface area (Å²) >= 11 is 3.41. The molecule has 3 unspecified atom stereocenters. The first-order valence-electron chi connectivity index (χ1n) is 18.2. The molecule has 0 aromatic heterocycles. The van der Waals surface area contributed by atoms with Crippen LogP contribution in [0.2, 0.25) is 0 Å². The highest BCUT2D eigenvalue weighted by atomic mass is 32.2. The fourth-order valence-corrected chi connectivity index (χ4v) is 9.57. The first-order valence-corrected chi connectivity index (χ1v) is 20.2. The van der Waals surface area contributed by atoms with Crippen LogP contribution in [0.5, 0.6) is 0 Å². The van der Waals surface area contributed by atoms with E-state index < -0.39 is 75.7 Å². The molecule has 1 spiro atoms. The van der Waals surface area contributed by atoms with Crippen LogP contribution in [0.3, 0.4) is 0 Å². The van der Waals surface area contributed by atoms with Crippen molar-refractivity contribution >= 4 is 64.9 Å². The first-order chi connectivity index (χ1) is 25.0. The van der Waals surface area contributed by atoms with E-state index in [9.17, 15) is 33.6 Å². The molecular formula is C37H54N6O8S2. The molecule has 4 atom stereocenters. The molecule has 14 nitrogen and oxygen atoms in total. The normalized spacial score (nSPS) is 19.7. The van der Waals surface area contributed by atoms with Crippen molar-refractivity contribution in [2.75, 3.05) is 45.3 Å². The Kier molecular flexibility index (Phi) is 14.6. The van der Waals surface area contributed by atoms with Crippen molar-refractivity contribution < 1.29 is 38.3 Å². The molecule has 1 aromatic carbocycles. The van der Waals surface area contributed by atoms with Gasteiger partial charge in [-0.15, -0.1) is 23.5 Å². The smallest absolute Gasteiger partial charge is 0.407 e. The zero-order valence-electron chi connectivity index (χ0n) is 31.5. The molecule has 6 amide bonds. The second kappa shape index (κ2) is 18.5. The second-order valence-corrected chi connectivity index (χ2v) is 18.4. The maximum absolute atomic E-state index is 14.3. The molecular weight excluding hydrogens is 721 g/mol. The van der Waals surface area contributed by atoms with Gasteiger partial charge in [0.25, 0.3) is 5.91 Å². The summed E-state index contributed by atoms with van der Waals surface area (Å²) in [5, 5.41) is 10.5. The number of ketones is 1. The predicted molar refractivity (Wildman–Crippen MR) is 204 cm³/mol. The van der Waals surface area contributed by atoms with Gasteiger partial charge in [-0.2, -0.15) is 0 Å². The van der Waals surface area contributed by atoms with Gasteiger partial charge in [-0.25, -0.2) is 4.79 Å². The number of thioether (sulfide) groups is 2. The van der Waals surface area contributed by atoms with Crippen molar-refractivity contribution in [1.82, 2.24) is 31.1 Å². The van der Waals surface area contributed by atoms with E-state index >= 15 is 0 Å². The average Bonchev–Trinajstić information content (AvgIpc) is 3.89. The fraction of sp³-hybridized carbons (Fsp3) is 0.649. The molecule has 292 valence electrons. The van der Waals surface area contributed by atoms with Crippen LogP contribution in [0.4, 0.5) is 4.79 Å². The monoisotopic (exact) mass is 774 g/mol. The number of hydrogen-bond donors (Lipinski definition) is 4. The molecule has 4 N–H and O–H groups in total. The minimum absolute atomic E-state index is 0.145. The van der Waals surface area contributed by atoms with Crippen molar-refractivity contribution in [3.05, 3.63) is 35.9 Å². The molecule has 3 fully saturated rings. The maximum atomic E-state index is 14.3. The number of nitrogens with zero attached hydrogens (tertiary/aromatic N) is 2. The maximum Gasteiger partial charge on any atom is 0.407 e. The number of alkyl carbamates (subject to hydrolysis) is 1. The van der Waals surface area contributed by atoms with Crippen LogP contribution in [-0.4, -0.2) is 119 Å². The van der Waals surface area contributed by atoms with Crippen LogP contribution in [0.15, 0.2) is 30.3 Å². The second-order valence-electron chi connectivity index (χ2n) is 15.2. The molecule has 2 saturated heterocycles. The van der Waals surface area contributed by atoms with Gasteiger partial charge >= 0.3 is 6.09 Å². The quantitative estimate of drug-likeness (QED) is 0.193. The van der Waals surface area contributed by atoms with E-state index in [0.29, 0.717) is 24.3 Å². The Morgan fingerprint density at radius 1 is 0.981 bits per heavy atom. The number of likely N-dealkylation sites (N-methyl/N-ethyl adjacent to an activating group) is 1. The number of Topliss-reactive ketones (excluding diaryl/α,β-unsaturated/α-hetero) is 1. The van der Waals surface area contributed by atoms with E-state index in [1.165, 1.54) is 9.80 Å². The number of amides is 6. The summed E-state index contributed by atoms with van der Waals surface area (Å²) in [6.45, 7) is 7.29. The largest absolute Gasteiger partial charge is 0.449 e. The van der Waals surface area contributed by atoms with Crippen LogP contribution in [0.1, 0.15) is 77.8 Å². The number of rotatable bonds is 15. The van der Waals surface area contributed by atoms with Gasteiger partial charge in [-0.05, 0) is 54.1 Å². The number of hydrogen-bond acceptors (Lipinski definition) is 10. The van der Waals surface area contributed by atoms with Gasteiger partial charge in [-0.3, -0.25) is 28.8 Å². The van der Waals surface area contributed by atoms with E-state index in [1.807, 2.05) is 20.8 Å². The Hall–Kier alpha value is -3.79. The molecule has 0 bridgehead atoms. The van der Waals surface area contributed by atoms with Crippen LogP contribution in [-0.2, 0) is 33.5 Å². The Morgan fingerprint density at radius 3 is 2.23 bits per heavy atom. The SMILES string of the molecule is CCCC(NC(=O)C1CC2(CN1C(=O)[C@@H](NC(=O)OCC1CC1)C(C)(C)C)SCCCS2)C(=O)C(=O)NCC(=O)NC(C(=O)N(C)C)c1ccccc1. The first kappa shape index (κ1) is 42.0. The fourth-order valence-electron chi connectivity index (χ4n) is 6.22. The summed E-state index contributed by atoms with van der Waals surface area (Å²) in [5.41, 5.74) is -0.164. The molecule has 1 aromatic rings. The van der Waals surface area contributed by atoms with Crippen molar-refractivity contribution in [1.29, 1.82) is 0 Å². The van der Waals surface area contributed by atoms with Gasteiger partial charge in [0.1, 0.15) is 18.1 Å². The van der Waals surface area contributed by atoms with Crippen molar-refractivity contribution in [3.8, 4) is 0 Å². The molecule has 0 radical (unpaired) electrons. The molecule has 53 heavy (non-hydrogen) atoms. The lowest BCUT2D eigenvalue weighted by atomic mass is 9.85. The number of carbonyl (C=O) groups excluding carboxylic acids is 7. The summed E-state index contributed by atoms with van der Waals surface area (Å²) in [4.78, 5) is 96.3. The van der Waals surface area contributed by atoms with Crippen molar-refractivity contribution in [3.63, 3.8) is 0 Å². The van der Waals surface area contributed by atoms with Crippen LogP contribution < -0.4 is 21.3 Å². The van der Waals surface area contributed by atoms with Gasteiger partial charge < -0.3 is 35.8 Å². The van der Waals surface area contributed by atoms with Gasteiger partial charge in [0.05, 0.1) is 23.3 Å². The third-order valence-corrected chi connectivity index (χ3v) is 12.7. The molecule has 3 aliphatic rings. The number of benzene rings is 1. The van der Waals surface area contributed by atoms with Crippen LogP contribution in [0.25, 0.3) is 0 Å². The lowest BCUT2D eigenvalue weighted by molar-refractivity contribution is -0.144. The predicted octanol–water partition coefficient (Wildman–Crippen LogP) is 2.62. The lowest BCUT2D eigenvalue weighted by Crippen LogP contribution is -2.59. The average molecular weight is 775 g/mol. The van der Waals surface area contributed by atoms with E-state index in [0.717, 1.165) is 30.8 Å². The summed E-state index contributed by atoms with van der Waals surface area (Å²) in [6, 6.07) is 4.49. The molecule has 2 heterocycles. The highest BCUT2D eigenvalue weighted by molar-refractivity contribution is 8.18. The Morgan fingerprint density at radius 2 is 1.64 bits per heavy atom. The van der Waals surface area contributed by atoms with Gasteiger partial charge in [0.2, 0.25) is 29.4 Å². The summed E-state index contributed by atoms with van der Waals surface area (Å²) in [7, 11) is 3.12. The third kappa shape index (κ3) is 11.6. The number of ether oxygens (including phenoxy) is 1. The summed E-state index contributed by atoms with van der Waals surface area (Å²) < 4.78 is 4.95. The number of likely N-dealkylation sites (tertiary alicyclic amines) is 1. The van der Waals surface area contributed by atoms with E-state index in [1.54, 1.807) is 74.9 Å². The summed E-state index contributed by atoms with van der Waals surface area (Å²) in [5.74, 6) is -1.96. The third-order valence-electron chi connectivity index (χ3n) is 9.39. The van der Waals surface area contributed by atoms with Gasteiger partial charge in [0.15, 0.2) is 0 Å². The lowest BCUT2D eigenvalue weighted by Gasteiger charge is -2.36. The van der Waals surface area contributed by atoms with Gasteiger partial charge in [0, 0.05) is 27.1 Å². The van der Waals surface area contributed by atoms with Crippen molar-refractivity contribution in [2.24, 2.45) is 11.3 Å². The highest BCUT2D eigenvalue weighted by Crippen LogP contribution is 2.50. The molecule has 4 rings (SSSR count). The Labute approximate surface area is 320 Å². The molecule has 1 saturated carbocycles. The minimum Gasteiger partial charge on any atom is -0.449 e. The molecule has 2 aliphatic heterocycles. The van der Waals surface area contributed by atoms with E-state index in [2.05, 4.69) is 21.3 Å². The zero-order chi connectivity index (χ0) is 38.9.